The molecule has 0 spiro atoms. The Labute approximate surface area is 180 Å². The highest BCUT2D eigenvalue weighted by Crippen LogP contribution is 2.12. The minimum atomic E-state index is -0.457. The average molecular weight is 416 g/mol. The van der Waals surface area contributed by atoms with E-state index in [4.69, 9.17) is 14.6 Å². The molecule has 0 aromatic rings. The Morgan fingerprint density at radius 2 is 1.34 bits per heavy atom. The number of hydrogen-bond acceptors (Lipinski definition) is 4. The second kappa shape index (κ2) is 22.0. The van der Waals surface area contributed by atoms with Crippen LogP contribution in [0.5, 0.6) is 0 Å². The first-order chi connectivity index (χ1) is 14.1. The van der Waals surface area contributed by atoms with Crippen molar-refractivity contribution in [2.75, 3.05) is 26.4 Å². The summed E-state index contributed by atoms with van der Waals surface area (Å²) in [5.41, 5.74) is 0. The highest BCUT2D eigenvalue weighted by Gasteiger charge is 2.05. The Morgan fingerprint density at radius 1 is 0.828 bits per heavy atom. The van der Waals surface area contributed by atoms with E-state index < -0.39 is 6.10 Å². The lowest BCUT2D eigenvalue weighted by atomic mass is 10.0. The molecule has 2 N–H and O–H groups in total. The molecule has 0 saturated carbocycles. The fraction of sp³-hybridized carbons (Fsp3) is 0.958. The topological polar surface area (TPSA) is 67.8 Å². The van der Waals surface area contributed by atoms with E-state index in [1.807, 2.05) is 6.92 Å². The molecule has 2 unspecified atom stereocenters. The first-order valence-electron chi connectivity index (χ1n) is 12.2. The summed E-state index contributed by atoms with van der Waals surface area (Å²) in [6.45, 7) is 7.70. The van der Waals surface area contributed by atoms with Crippen molar-refractivity contribution >= 4 is 5.91 Å². The zero-order valence-corrected chi connectivity index (χ0v) is 19.6. The number of nitrogens with one attached hydrogen (secondary N) is 1. The number of hydrogen-bond donors (Lipinski definition) is 2. The van der Waals surface area contributed by atoms with E-state index in [9.17, 15) is 4.79 Å². The van der Waals surface area contributed by atoms with Gasteiger partial charge in [0.1, 0.15) is 0 Å². The number of carbonyl (C=O) groups is 1. The number of aliphatic hydroxyl groups excluding tert-OH is 1. The predicted molar refractivity (Wildman–Crippen MR) is 121 cm³/mol. The van der Waals surface area contributed by atoms with Gasteiger partial charge >= 0.3 is 0 Å². The van der Waals surface area contributed by atoms with E-state index >= 15 is 0 Å². The zero-order valence-electron chi connectivity index (χ0n) is 19.6. The van der Waals surface area contributed by atoms with Crippen molar-refractivity contribution in [1.29, 1.82) is 0 Å². The summed E-state index contributed by atoms with van der Waals surface area (Å²) in [4.78, 5) is 11.8. The van der Waals surface area contributed by atoms with Crippen LogP contribution in [0.15, 0.2) is 0 Å². The Morgan fingerprint density at radius 3 is 1.86 bits per heavy atom. The maximum atomic E-state index is 11.8. The van der Waals surface area contributed by atoms with Gasteiger partial charge in [-0.05, 0) is 20.3 Å². The third-order valence-electron chi connectivity index (χ3n) is 5.05. The summed E-state index contributed by atoms with van der Waals surface area (Å²) in [7, 11) is 0. The first kappa shape index (κ1) is 28.4. The molecule has 0 aromatic heterocycles. The van der Waals surface area contributed by atoms with Crippen molar-refractivity contribution in [2.45, 2.75) is 123 Å². The van der Waals surface area contributed by atoms with Crippen molar-refractivity contribution in [3.05, 3.63) is 0 Å². The molecule has 1 amide bonds. The Kier molecular flexibility index (Phi) is 21.6. The monoisotopic (exact) mass is 415 g/mol. The minimum Gasteiger partial charge on any atom is -0.391 e. The molecule has 0 fully saturated rings. The van der Waals surface area contributed by atoms with Gasteiger partial charge in [-0.2, -0.15) is 0 Å². The van der Waals surface area contributed by atoms with Crippen LogP contribution < -0.4 is 5.32 Å². The summed E-state index contributed by atoms with van der Waals surface area (Å²) < 4.78 is 10.9. The van der Waals surface area contributed by atoms with Crippen molar-refractivity contribution in [2.24, 2.45) is 0 Å². The van der Waals surface area contributed by atoms with E-state index in [0.29, 0.717) is 32.8 Å². The quantitative estimate of drug-likeness (QED) is 0.233. The Bertz CT molecular complexity index is 350. The number of aliphatic hydroxyl groups is 1. The third-order valence-corrected chi connectivity index (χ3v) is 5.05. The lowest BCUT2D eigenvalue weighted by Gasteiger charge is -2.14. The van der Waals surface area contributed by atoms with Gasteiger partial charge < -0.3 is 19.9 Å². The van der Waals surface area contributed by atoms with E-state index in [1.165, 1.54) is 70.6 Å². The summed E-state index contributed by atoms with van der Waals surface area (Å²) in [5.74, 6) is 0.120. The molecule has 0 saturated heterocycles. The number of rotatable bonds is 22. The predicted octanol–water partition coefficient (Wildman–Crippen LogP) is 5.39. The van der Waals surface area contributed by atoms with Crippen molar-refractivity contribution in [3.63, 3.8) is 0 Å². The van der Waals surface area contributed by atoms with Gasteiger partial charge in [-0.3, -0.25) is 4.79 Å². The van der Waals surface area contributed by atoms with Crippen LogP contribution in [0.1, 0.15) is 111 Å². The molecular formula is C24H49NO4. The summed E-state index contributed by atoms with van der Waals surface area (Å²) >= 11 is 0. The van der Waals surface area contributed by atoms with Crippen LogP contribution in [-0.2, 0) is 14.3 Å². The smallest absolute Gasteiger partial charge is 0.220 e. The second-order valence-electron chi connectivity index (χ2n) is 8.41. The van der Waals surface area contributed by atoms with Gasteiger partial charge in [0, 0.05) is 13.0 Å². The van der Waals surface area contributed by atoms with Crippen molar-refractivity contribution < 1.29 is 19.4 Å². The standard InChI is InChI=1S/C24H49NO4/c1-4-5-6-7-8-9-10-11-12-13-14-15-16-17-24(27)25-18-19-28-21-23(3)29-20-22(2)26/h22-23,26H,4-21H2,1-3H3,(H,25,27). The van der Waals surface area contributed by atoms with E-state index in [0.717, 1.165) is 12.8 Å². The highest BCUT2D eigenvalue weighted by atomic mass is 16.5. The summed E-state index contributed by atoms with van der Waals surface area (Å²) in [5, 5.41) is 12.1. The van der Waals surface area contributed by atoms with Crippen LogP contribution in [-0.4, -0.2) is 49.6 Å². The first-order valence-corrected chi connectivity index (χ1v) is 12.2. The molecule has 2 atom stereocenters. The second-order valence-corrected chi connectivity index (χ2v) is 8.41. The molecule has 5 heteroatoms. The molecule has 0 heterocycles. The maximum Gasteiger partial charge on any atom is 0.220 e. The van der Waals surface area contributed by atoms with Crippen LogP contribution in [0.25, 0.3) is 0 Å². The van der Waals surface area contributed by atoms with Gasteiger partial charge in [0.05, 0.1) is 32.0 Å². The molecule has 174 valence electrons. The average Bonchev–Trinajstić information content (AvgIpc) is 2.69. The zero-order chi connectivity index (χ0) is 21.6. The van der Waals surface area contributed by atoms with Gasteiger partial charge in [-0.25, -0.2) is 0 Å². The molecule has 5 nitrogen and oxygen atoms in total. The molecule has 0 radical (unpaired) electrons. The van der Waals surface area contributed by atoms with E-state index in [2.05, 4.69) is 12.2 Å². The normalized spacial score (nSPS) is 13.4. The molecule has 0 aliphatic rings. The largest absolute Gasteiger partial charge is 0.391 e. The van der Waals surface area contributed by atoms with E-state index in [1.54, 1.807) is 6.92 Å². The number of carbonyl (C=O) groups excluding carboxylic acids is 1. The van der Waals surface area contributed by atoms with Crippen LogP contribution >= 0.6 is 0 Å². The van der Waals surface area contributed by atoms with Crippen LogP contribution in [0.2, 0.25) is 0 Å². The molecule has 29 heavy (non-hydrogen) atoms. The van der Waals surface area contributed by atoms with Gasteiger partial charge in [0.15, 0.2) is 0 Å². The molecule has 0 aromatic carbocycles. The highest BCUT2D eigenvalue weighted by molar-refractivity contribution is 5.75. The van der Waals surface area contributed by atoms with Crippen LogP contribution in [0.4, 0.5) is 0 Å². The lowest BCUT2D eigenvalue weighted by molar-refractivity contribution is -0.121. The Balaban J connectivity index is 3.24. The molecule has 0 bridgehead atoms. The lowest BCUT2D eigenvalue weighted by Crippen LogP contribution is -2.28. The van der Waals surface area contributed by atoms with E-state index in [-0.39, 0.29) is 12.0 Å². The fourth-order valence-corrected chi connectivity index (χ4v) is 3.26. The Hall–Kier alpha value is -0.650. The molecule has 0 rings (SSSR count). The molecule has 0 aliphatic carbocycles. The van der Waals surface area contributed by atoms with Gasteiger partial charge in [0.2, 0.25) is 5.91 Å². The molecular weight excluding hydrogens is 366 g/mol. The third kappa shape index (κ3) is 23.5. The van der Waals surface area contributed by atoms with Gasteiger partial charge in [-0.1, -0.05) is 84.0 Å². The minimum absolute atomic E-state index is 0.0499. The van der Waals surface area contributed by atoms with Crippen LogP contribution in [0, 0.1) is 0 Å². The van der Waals surface area contributed by atoms with Gasteiger partial charge in [0.25, 0.3) is 0 Å². The fourth-order valence-electron chi connectivity index (χ4n) is 3.26. The maximum absolute atomic E-state index is 11.8. The van der Waals surface area contributed by atoms with Crippen LogP contribution in [0.3, 0.4) is 0 Å². The summed E-state index contributed by atoms with van der Waals surface area (Å²) in [6, 6.07) is 0. The van der Waals surface area contributed by atoms with Gasteiger partial charge in [-0.15, -0.1) is 0 Å². The molecule has 0 aliphatic heterocycles. The number of ether oxygens (including phenoxy) is 2. The SMILES string of the molecule is CCCCCCCCCCCCCCCC(=O)NCCOCC(C)OCC(C)O. The van der Waals surface area contributed by atoms with Crippen molar-refractivity contribution in [1.82, 2.24) is 5.32 Å². The summed E-state index contributed by atoms with van der Waals surface area (Å²) in [6.07, 6.45) is 17.3. The number of unbranched alkanes of at least 4 members (excludes halogenated alkanes) is 12. The van der Waals surface area contributed by atoms with Crippen molar-refractivity contribution in [3.8, 4) is 0 Å². The number of amides is 1.